The average Bonchev–Trinajstić information content (AvgIpc) is 2.60. The Labute approximate surface area is 158 Å². The molecule has 138 valence electrons. The van der Waals surface area contributed by atoms with Crippen molar-refractivity contribution in [3.8, 4) is 0 Å². The Morgan fingerprint density at radius 2 is 1.92 bits per heavy atom. The molecule has 1 aliphatic carbocycles. The van der Waals surface area contributed by atoms with Crippen molar-refractivity contribution >= 4 is 27.9 Å². The Hall–Kier alpha value is -1.56. The maximum Gasteiger partial charge on any atom is 0.315 e. The zero-order valence-electron chi connectivity index (χ0n) is 14.8. The minimum atomic E-state index is -0.117. The zero-order valence-corrected chi connectivity index (χ0v) is 16.4. The predicted molar refractivity (Wildman–Crippen MR) is 103 cm³/mol. The Morgan fingerprint density at radius 1 is 1.20 bits per heavy atom. The highest BCUT2D eigenvalue weighted by Gasteiger charge is 2.15. The summed E-state index contributed by atoms with van der Waals surface area (Å²) in [6, 6.07) is 8.00. The molecule has 0 saturated heterocycles. The van der Waals surface area contributed by atoms with Gasteiger partial charge < -0.3 is 16.0 Å². The number of hydrogen-bond acceptors (Lipinski definition) is 2. The van der Waals surface area contributed by atoms with Crippen LogP contribution < -0.4 is 16.0 Å². The lowest BCUT2D eigenvalue weighted by Crippen LogP contribution is -2.43. The van der Waals surface area contributed by atoms with E-state index in [1.165, 1.54) is 19.3 Å². The van der Waals surface area contributed by atoms with E-state index in [2.05, 4.69) is 31.9 Å². The van der Waals surface area contributed by atoms with E-state index in [0.29, 0.717) is 25.4 Å². The highest BCUT2D eigenvalue weighted by molar-refractivity contribution is 9.10. The van der Waals surface area contributed by atoms with Crippen LogP contribution in [0.3, 0.4) is 0 Å². The van der Waals surface area contributed by atoms with Gasteiger partial charge in [-0.25, -0.2) is 4.79 Å². The van der Waals surface area contributed by atoms with Gasteiger partial charge in [0.15, 0.2) is 0 Å². The molecule has 1 unspecified atom stereocenters. The second-order valence-corrected chi connectivity index (χ2v) is 7.50. The number of hydrogen-bond donors (Lipinski definition) is 3. The first-order chi connectivity index (χ1) is 12.1. The van der Waals surface area contributed by atoms with Gasteiger partial charge in [0.2, 0.25) is 5.91 Å². The van der Waals surface area contributed by atoms with Crippen LogP contribution in [0.1, 0.15) is 63.5 Å². The Bertz CT molecular complexity index is 574. The van der Waals surface area contributed by atoms with Gasteiger partial charge in [0.05, 0.1) is 6.04 Å². The zero-order chi connectivity index (χ0) is 18.1. The van der Waals surface area contributed by atoms with Crippen LogP contribution in [0.2, 0.25) is 0 Å². The van der Waals surface area contributed by atoms with Crippen molar-refractivity contribution in [3.63, 3.8) is 0 Å². The van der Waals surface area contributed by atoms with Crippen molar-refractivity contribution in [1.29, 1.82) is 0 Å². The molecular weight excluding hydrogens is 382 g/mol. The van der Waals surface area contributed by atoms with Crippen molar-refractivity contribution in [2.45, 2.75) is 64.0 Å². The normalized spacial score (nSPS) is 16.1. The largest absolute Gasteiger partial charge is 0.350 e. The average molecular weight is 410 g/mol. The highest BCUT2D eigenvalue weighted by Crippen LogP contribution is 2.22. The van der Waals surface area contributed by atoms with Crippen LogP contribution in [-0.2, 0) is 4.79 Å². The molecule has 6 heteroatoms. The lowest BCUT2D eigenvalue weighted by molar-refractivity contribution is -0.121. The molecule has 0 radical (unpaired) electrons. The van der Waals surface area contributed by atoms with Gasteiger partial charge >= 0.3 is 6.03 Å². The molecule has 1 saturated carbocycles. The van der Waals surface area contributed by atoms with Gasteiger partial charge in [-0.05, 0) is 37.8 Å². The summed E-state index contributed by atoms with van der Waals surface area (Å²) >= 11 is 3.50. The summed E-state index contributed by atoms with van der Waals surface area (Å²) in [5.74, 6) is -0.00209. The van der Waals surface area contributed by atoms with Crippen LogP contribution in [0.25, 0.3) is 0 Å². The van der Waals surface area contributed by atoms with Crippen molar-refractivity contribution < 1.29 is 9.59 Å². The minimum Gasteiger partial charge on any atom is -0.350 e. The van der Waals surface area contributed by atoms with Gasteiger partial charge in [0, 0.05) is 23.5 Å². The van der Waals surface area contributed by atoms with Gasteiger partial charge in [-0.3, -0.25) is 4.79 Å². The SMILES string of the molecule is CC(NC(=O)CCCNC(=O)NC1CCCCC1)c1ccccc1Br. The Balaban J connectivity index is 1.60. The number of rotatable bonds is 7. The quantitative estimate of drug-likeness (QED) is 0.594. The van der Waals surface area contributed by atoms with Crippen LogP contribution in [0, 0.1) is 0 Å². The van der Waals surface area contributed by atoms with E-state index in [-0.39, 0.29) is 18.0 Å². The summed E-state index contributed by atoms with van der Waals surface area (Å²) in [6.07, 6.45) is 6.84. The van der Waals surface area contributed by atoms with Gasteiger partial charge in [-0.1, -0.05) is 53.4 Å². The minimum absolute atomic E-state index is 0.00209. The molecule has 0 bridgehead atoms. The standard InChI is InChI=1S/C19H28BrN3O2/c1-14(16-10-5-6-11-17(16)20)22-18(24)12-7-13-21-19(25)23-15-8-3-2-4-9-15/h5-6,10-11,14-15H,2-4,7-9,12-13H2,1H3,(H,22,24)(H2,21,23,25). The molecule has 0 heterocycles. The summed E-state index contributed by atoms with van der Waals surface area (Å²) in [5, 5.41) is 8.85. The van der Waals surface area contributed by atoms with Crippen molar-refractivity contribution in [3.05, 3.63) is 34.3 Å². The number of urea groups is 1. The monoisotopic (exact) mass is 409 g/mol. The first-order valence-electron chi connectivity index (χ1n) is 9.14. The number of nitrogens with one attached hydrogen (secondary N) is 3. The van der Waals surface area contributed by atoms with E-state index in [4.69, 9.17) is 0 Å². The summed E-state index contributed by atoms with van der Waals surface area (Å²) in [7, 11) is 0. The molecule has 25 heavy (non-hydrogen) atoms. The molecule has 1 atom stereocenters. The summed E-state index contributed by atoms with van der Waals surface area (Å²) in [6.45, 7) is 2.48. The van der Waals surface area contributed by atoms with Crippen LogP contribution in [0.15, 0.2) is 28.7 Å². The molecule has 5 nitrogen and oxygen atoms in total. The van der Waals surface area contributed by atoms with Gasteiger partial charge in [0.1, 0.15) is 0 Å². The van der Waals surface area contributed by atoms with E-state index in [1.54, 1.807) is 0 Å². The van der Waals surface area contributed by atoms with E-state index >= 15 is 0 Å². The van der Waals surface area contributed by atoms with Gasteiger partial charge in [0.25, 0.3) is 0 Å². The van der Waals surface area contributed by atoms with Crippen LogP contribution in [-0.4, -0.2) is 24.5 Å². The van der Waals surface area contributed by atoms with Crippen molar-refractivity contribution in [1.82, 2.24) is 16.0 Å². The van der Waals surface area contributed by atoms with E-state index in [9.17, 15) is 9.59 Å². The second-order valence-electron chi connectivity index (χ2n) is 6.65. The molecule has 0 aromatic heterocycles. The molecule has 3 N–H and O–H groups in total. The van der Waals surface area contributed by atoms with Crippen LogP contribution in [0.4, 0.5) is 4.79 Å². The molecule has 1 aliphatic rings. The van der Waals surface area contributed by atoms with Gasteiger partial charge in [-0.15, -0.1) is 0 Å². The third kappa shape index (κ3) is 7.06. The predicted octanol–water partition coefficient (Wildman–Crippen LogP) is 4.04. The summed E-state index contributed by atoms with van der Waals surface area (Å²) in [4.78, 5) is 23.9. The summed E-state index contributed by atoms with van der Waals surface area (Å²) < 4.78 is 0.990. The fourth-order valence-electron chi connectivity index (χ4n) is 3.15. The number of halogens is 1. The fourth-order valence-corrected chi connectivity index (χ4v) is 3.78. The summed E-state index contributed by atoms with van der Waals surface area (Å²) in [5.41, 5.74) is 1.06. The number of carbonyl (C=O) groups excluding carboxylic acids is 2. The Kier molecular flexibility index (Phi) is 8.25. The molecule has 1 fully saturated rings. The molecule has 0 spiro atoms. The van der Waals surface area contributed by atoms with Crippen LogP contribution in [0.5, 0.6) is 0 Å². The van der Waals surface area contributed by atoms with E-state index in [0.717, 1.165) is 22.9 Å². The molecule has 2 rings (SSSR count). The number of amides is 3. The van der Waals surface area contributed by atoms with Crippen LogP contribution >= 0.6 is 15.9 Å². The third-order valence-electron chi connectivity index (χ3n) is 4.56. The molecule has 3 amide bonds. The van der Waals surface area contributed by atoms with E-state index < -0.39 is 0 Å². The Morgan fingerprint density at radius 3 is 2.64 bits per heavy atom. The van der Waals surface area contributed by atoms with E-state index in [1.807, 2.05) is 31.2 Å². The fraction of sp³-hybridized carbons (Fsp3) is 0.579. The van der Waals surface area contributed by atoms with Crippen molar-refractivity contribution in [2.24, 2.45) is 0 Å². The molecule has 0 aliphatic heterocycles. The lowest BCUT2D eigenvalue weighted by Gasteiger charge is -2.22. The number of carbonyl (C=O) groups is 2. The molecular formula is C19H28BrN3O2. The molecule has 1 aromatic rings. The second kappa shape index (κ2) is 10.4. The first kappa shape index (κ1) is 19.8. The van der Waals surface area contributed by atoms with Gasteiger partial charge in [-0.2, -0.15) is 0 Å². The number of benzene rings is 1. The first-order valence-corrected chi connectivity index (χ1v) is 9.93. The highest BCUT2D eigenvalue weighted by atomic mass is 79.9. The van der Waals surface area contributed by atoms with Crippen molar-refractivity contribution in [2.75, 3.05) is 6.54 Å². The topological polar surface area (TPSA) is 70.2 Å². The molecule has 1 aromatic carbocycles. The smallest absolute Gasteiger partial charge is 0.315 e. The third-order valence-corrected chi connectivity index (χ3v) is 5.28. The maximum atomic E-state index is 12.0. The lowest BCUT2D eigenvalue weighted by atomic mass is 9.96. The maximum absolute atomic E-state index is 12.0.